The minimum absolute atomic E-state index is 0.299. The maximum absolute atomic E-state index is 13.3. The number of anilines is 2. The highest BCUT2D eigenvalue weighted by atomic mass is 19.1. The summed E-state index contributed by atoms with van der Waals surface area (Å²) in [5, 5.41) is 4.21. The van der Waals surface area contributed by atoms with Crippen LogP contribution in [0.5, 0.6) is 5.88 Å². The van der Waals surface area contributed by atoms with Crippen LogP contribution in [-0.4, -0.2) is 81.9 Å². The fourth-order valence-corrected chi connectivity index (χ4v) is 3.49. The summed E-state index contributed by atoms with van der Waals surface area (Å²) in [5.74, 6) is 0.811. The Morgan fingerprint density at radius 2 is 1.84 bits per heavy atom. The fraction of sp³-hybridized carbons (Fsp3) is 0.455. The number of pyridine rings is 1. The lowest BCUT2D eigenvalue weighted by Crippen LogP contribution is -2.38. The summed E-state index contributed by atoms with van der Waals surface area (Å²) in [6.07, 6.45) is 1.56. The molecule has 4 rings (SSSR count). The molecule has 166 valence electrons. The first-order valence-electron chi connectivity index (χ1n) is 10.6. The van der Waals surface area contributed by atoms with Crippen molar-refractivity contribution in [3.8, 4) is 5.88 Å². The lowest BCUT2D eigenvalue weighted by atomic mass is 10.2. The normalized spacial score (nSPS) is 17.8. The Balaban J connectivity index is 1.43. The number of nitrogens with one attached hydrogen (secondary N) is 1. The van der Waals surface area contributed by atoms with Gasteiger partial charge in [0.15, 0.2) is 5.82 Å². The largest absolute Gasteiger partial charge is 0.476 e. The Bertz CT molecular complexity index is 870. The van der Waals surface area contributed by atoms with Crippen molar-refractivity contribution in [3.63, 3.8) is 0 Å². The van der Waals surface area contributed by atoms with E-state index in [1.807, 2.05) is 12.1 Å². The monoisotopic (exact) mass is 429 g/mol. The van der Waals surface area contributed by atoms with Gasteiger partial charge in [-0.3, -0.25) is 10.3 Å². The number of benzene rings is 1. The number of hydrogen-bond acceptors (Lipinski definition) is 8. The zero-order valence-corrected chi connectivity index (χ0v) is 17.5. The molecule has 2 fully saturated rings. The summed E-state index contributed by atoms with van der Waals surface area (Å²) in [5.41, 5.74) is 4.61. The second kappa shape index (κ2) is 11.0. The quantitative estimate of drug-likeness (QED) is 0.510. The van der Waals surface area contributed by atoms with E-state index in [9.17, 15) is 4.39 Å². The van der Waals surface area contributed by atoms with Gasteiger partial charge in [-0.15, -0.1) is 0 Å². The van der Waals surface area contributed by atoms with Gasteiger partial charge in [0, 0.05) is 50.5 Å². The Labute approximate surface area is 181 Å². The Hall–Kier alpha value is -2.75. The van der Waals surface area contributed by atoms with Crippen LogP contribution < -0.4 is 15.1 Å². The number of nitrogens with zero attached hydrogens (tertiary/aromatic N) is 4. The van der Waals surface area contributed by atoms with E-state index < -0.39 is 0 Å². The molecule has 2 aliphatic rings. The average molecular weight is 429 g/mol. The van der Waals surface area contributed by atoms with Crippen molar-refractivity contribution in [2.75, 3.05) is 76.1 Å². The van der Waals surface area contributed by atoms with E-state index in [0.717, 1.165) is 51.6 Å². The zero-order chi connectivity index (χ0) is 21.3. The molecule has 8 nitrogen and oxygen atoms in total. The predicted octanol–water partition coefficient (Wildman–Crippen LogP) is 2.21. The second-order valence-corrected chi connectivity index (χ2v) is 7.38. The molecule has 0 spiro atoms. The SMILES string of the molecule is Fc1cccc(C=NNc2cc(N3CCOCC3)cc(OCCN3CCOCC3)n2)c1. The minimum Gasteiger partial charge on any atom is -0.476 e. The van der Waals surface area contributed by atoms with E-state index in [4.69, 9.17) is 14.2 Å². The third-order valence-corrected chi connectivity index (χ3v) is 5.17. The fourth-order valence-electron chi connectivity index (χ4n) is 3.49. The number of morpholine rings is 2. The number of halogens is 1. The van der Waals surface area contributed by atoms with Gasteiger partial charge in [-0.25, -0.2) is 4.39 Å². The van der Waals surface area contributed by atoms with Crippen molar-refractivity contribution in [1.82, 2.24) is 9.88 Å². The topological polar surface area (TPSA) is 71.5 Å². The number of hydrogen-bond donors (Lipinski definition) is 1. The first-order chi connectivity index (χ1) is 15.3. The van der Waals surface area contributed by atoms with Gasteiger partial charge in [0.2, 0.25) is 5.88 Å². The van der Waals surface area contributed by atoms with Crippen LogP contribution in [0.25, 0.3) is 0 Å². The summed E-state index contributed by atoms with van der Waals surface area (Å²) in [6, 6.07) is 10.1. The summed E-state index contributed by atoms with van der Waals surface area (Å²) in [4.78, 5) is 9.09. The molecular formula is C22H28FN5O3. The molecule has 2 saturated heterocycles. The lowest BCUT2D eigenvalue weighted by Gasteiger charge is -2.29. The van der Waals surface area contributed by atoms with Crippen molar-refractivity contribution >= 4 is 17.7 Å². The number of rotatable bonds is 8. The molecule has 1 aromatic heterocycles. The summed E-state index contributed by atoms with van der Waals surface area (Å²) in [6.45, 7) is 7.75. The van der Waals surface area contributed by atoms with Gasteiger partial charge in [0.05, 0.1) is 32.6 Å². The Morgan fingerprint density at radius 3 is 2.61 bits per heavy atom. The van der Waals surface area contributed by atoms with Crippen LogP contribution in [0.1, 0.15) is 5.56 Å². The molecule has 0 saturated carbocycles. The minimum atomic E-state index is -0.299. The van der Waals surface area contributed by atoms with Crippen molar-refractivity contribution in [1.29, 1.82) is 0 Å². The molecule has 2 aliphatic heterocycles. The van der Waals surface area contributed by atoms with Crippen LogP contribution in [0, 0.1) is 5.82 Å². The molecule has 1 aromatic carbocycles. The highest BCUT2D eigenvalue weighted by molar-refractivity contribution is 5.80. The maximum atomic E-state index is 13.3. The molecular weight excluding hydrogens is 401 g/mol. The maximum Gasteiger partial charge on any atom is 0.217 e. The Kier molecular flexibility index (Phi) is 7.65. The van der Waals surface area contributed by atoms with Crippen LogP contribution >= 0.6 is 0 Å². The molecule has 9 heteroatoms. The summed E-state index contributed by atoms with van der Waals surface area (Å²) >= 11 is 0. The first-order valence-corrected chi connectivity index (χ1v) is 10.6. The smallest absolute Gasteiger partial charge is 0.217 e. The Morgan fingerprint density at radius 1 is 1.06 bits per heavy atom. The molecule has 0 atom stereocenters. The van der Waals surface area contributed by atoms with Gasteiger partial charge >= 0.3 is 0 Å². The number of hydrazone groups is 1. The lowest BCUT2D eigenvalue weighted by molar-refractivity contribution is 0.0320. The van der Waals surface area contributed by atoms with Gasteiger partial charge in [0.25, 0.3) is 0 Å². The van der Waals surface area contributed by atoms with E-state index in [-0.39, 0.29) is 5.82 Å². The van der Waals surface area contributed by atoms with Gasteiger partial charge in [-0.2, -0.15) is 10.1 Å². The van der Waals surface area contributed by atoms with E-state index in [0.29, 0.717) is 37.1 Å². The molecule has 0 radical (unpaired) electrons. The molecule has 31 heavy (non-hydrogen) atoms. The first kappa shape index (κ1) is 21.5. The number of aromatic nitrogens is 1. The zero-order valence-electron chi connectivity index (χ0n) is 17.5. The molecule has 1 N–H and O–H groups in total. The van der Waals surface area contributed by atoms with Gasteiger partial charge in [-0.1, -0.05) is 12.1 Å². The van der Waals surface area contributed by atoms with Gasteiger partial charge in [-0.05, 0) is 17.7 Å². The van der Waals surface area contributed by atoms with Crippen molar-refractivity contribution < 1.29 is 18.6 Å². The standard InChI is InChI=1S/C22H28FN5O3/c23-19-3-1-2-18(14-19)17-24-26-21-15-20(28-7-11-30-12-8-28)16-22(25-21)31-13-6-27-4-9-29-10-5-27/h1-3,14-17H,4-13H2,(H,25,26). The van der Waals surface area contributed by atoms with Gasteiger partial charge < -0.3 is 19.1 Å². The number of ether oxygens (including phenoxy) is 3. The van der Waals surface area contributed by atoms with Crippen LogP contribution in [0.15, 0.2) is 41.5 Å². The van der Waals surface area contributed by atoms with Gasteiger partial charge in [0.1, 0.15) is 12.4 Å². The van der Waals surface area contributed by atoms with Crippen molar-refractivity contribution in [2.45, 2.75) is 0 Å². The summed E-state index contributed by atoms with van der Waals surface area (Å²) in [7, 11) is 0. The van der Waals surface area contributed by atoms with E-state index >= 15 is 0 Å². The molecule has 2 aromatic rings. The molecule has 0 aliphatic carbocycles. The van der Waals surface area contributed by atoms with Crippen LogP contribution in [-0.2, 0) is 9.47 Å². The molecule has 0 unspecified atom stereocenters. The highest BCUT2D eigenvalue weighted by Gasteiger charge is 2.15. The highest BCUT2D eigenvalue weighted by Crippen LogP contribution is 2.25. The third-order valence-electron chi connectivity index (χ3n) is 5.17. The second-order valence-electron chi connectivity index (χ2n) is 7.38. The van der Waals surface area contributed by atoms with Crippen molar-refractivity contribution in [3.05, 3.63) is 47.8 Å². The van der Waals surface area contributed by atoms with Crippen molar-refractivity contribution in [2.24, 2.45) is 5.10 Å². The average Bonchev–Trinajstić information content (AvgIpc) is 2.80. The van der Waals surface area contributed by atoms with Crippen LogP contribution in [0.3, 0.4) is 0 Å². The van der Waals surface area contributed by atoms with E-state index in [1.165, 1.54) is 12.1 Å². The van der Waals surface area contributed by atoms with E-state index in [2.05, 4.69) is 25.3 Å². The van der Waals surface area contributed by atoms with Crippen LogP contribution in [0.4, 0.5) is 15.9 Å². The summed E-state index contributed by atoms with van der Waals surface area (Å²) < 4.78 is 30.2. The molecule has 0 bridgehead atoms. The molecule has 0 amide bonds. The predicted molar refractivity (Wildman–Crippen MR) is 118 cm³/mol. The van der Waals surface area contributed by atoms with E-state index in [1.54, 1.807) is 18.3 Å². The third kappa shape index (κ3) is 6.61. The van der Waals surface area contributed by atoms with Crippen LogP contribution in [0.2, 0.25) is 0 Å². The molecule has 3 heterocycles.